The van der Waals surface area contributed by atoms with Crippen LogP contribution in [0.15, 0.2) is 158 Å². The Hall–Kier alpha value is -4.62. The number of hydrogen-bond donors (Lipinski definition) is 0. The zero-order chi connectivity index (χ0) is 25.7. The summed E-state index contributed by atoms with van der Waals surface area (Å²) in [7, 11) is 0. The molecule has 0 bridgehead atoms. The lowest BCUT2D eigenvalue weighted by Gasteiger charge is -2.25. The van der Waals surface area contributed by atoms with Crippen LogP contribution in [0, 0.1) is 0 Å². The third kappa shape index (κ3) is 4.60. The first-order valence-electron chi connectivity index (χ1n) is 13.3. The molecule has 0 nitrogen and oxygen atoms in total. The van der Waals surface area contributed by atoms with Gasteiger partial charge in [-0.2, -0.15) is 0 Å². The smallest absolute Gasteiger partial charge is 0.0773 e. The lowest BCUT2D eigenvalue weighted by atomic mass is 9.38. The van der Waals surface area contributed by atoms with E-state index in [1.54, 1.807) is 0 Å². The van der Waals surface area contributed by atoms with Gasteiger partial charge < -0.3 is 0 Å². The second kappa shape index (κ2) is 10.8. The molecule has 0 aliphatic rings. The molecule has 38 heavy (non-hydrogen) atoms. The third-order valence-corrected chi connectivity index (χ3v) is 7.42. The van der Waals surface area contributed by atoms with Gasteiger partial charge in [-0.15, -0.1) is 0 Å². The van der Waals surface area contributed by atoms with E-state index in [-0.39, 0.29) is 6.71 Å². The minimum atomic E-state index is 0.133. The van der Waals surface area contributed by atoms with Crippen LogP contribution in [-0.4, -0.2) is 6.71 Å². The first-order valence-corrected chi connectivity index (χ1v) is 13.3. The Morgan fingerprint density at radius 1 is 0.289 bits per heavy atom. The maximum absolute atomic E-state index is 2.38. The van der Waals surface area contributed by atoms with Crippen LogP contribution in [0.5, 0.6) is 0 Å². The van der Waals surface area contributed by atoms with Gasteiger partial charge in [-0.05, 0) is 44.5 Å². The first-order chi connectivity index (χ1) is 18.8. The molecule has 0 aliphatic heterocycles. The van der Waals surface area contributed by atoms with E-state index in [0.717, 1.165) is 0 Å². The van der Waals surface area contributed by atoms with Crippen molar-refractivity contribution in [2.45, 2.75) is 6.82 Å². The van der Waals surface area contributed by atoms with Gasteiger partial charge in [0.15, 0.2) is 0 Å². The number of hydrogen-bond acceptors (Lipinski definition) is 0. The predicted molar refractivity (Wildman–Crippen MR) is 166 cm³/mol. The summed E-state index contributed by atoms with van der Waals surface area (Å²) in [5.74, 6) is 0. The van der Waals surface area contributed by atoms with E-state index < -0.39 is 0 Å². The summed E-state index contributed by atoms with van der Waals surface area (Å²) in [4.78, 5) is 0. The Bertz CT molecular complexity index is 1400. The monoisotopic (exact) mass is 484 g/mol. The third-order valence-electron chi connectivity index (χ3n) is 7.42. The normalized spacial score (nSPS) is 10.8. The van der Waals surface area contributed by atoms with E-state index in [2.05, 4.69) is 165 Å². The zero-order valence-electron chi connectivity index (χ0n) is 21.6. The Labute approximate surface area is 226 Å². The van der Waals surface area contributed by atoms with Crippen LogP contribution in [0.3, 0.4) is 0 Å². The van der Waals surface area contributed by atoms with Gasteiger partial charge in [-0.1, -0.05) is 175 Å². The largest absolute Gasteiger partial charge is 0.209 e. The van der Waals surface area contributed by atoms with Crippen molar-refractivity contribution in [2.24, 2.45) is 0 Å². The maximum Gasteiger partial charge on any atom is 0.209 e. The Kier molecular flexibility index (Phi) is 6.74. The Balaban J connectivity index is 1.67. The molecule has 0 heterocycles. The summed E-state index contributed by atoms with van der Waals surface area (Å²) < 4.78 is 0. The predicted octanol–water partition coefficient (Wildman–Crippen LogP) is 8.59. The van der Waals surface area contributed by atoms with E-state index in [4.69, 9.17) is 0 Å². The van der Waals surface area contributed by atoms with E-state index in [0.29, 0.717) is 0 Å². The molecule has 6 aromatic rings. The van der Waals surface area contributed by atoms with Crippen molar-refractivity contribution in [2.75, 3.05) is 0 Å². The average Bonchev–Trinajstić information content (AvgIpc) is 3.01. The fourth-order valence-corrected chi connectivity index (χ4v) is 5.69. The molecule has 180 valence electrons. The van der Waals surface area contributed by atoms with Crippen molar-refractivity contribution in [1.29, 1.82) is 0 Å². The summed E-state index contributed by atoms with van der Waals surface area (Å²) in [6, 6.07) is 56.7. The van der Waals surface area contributed by atoms with Crippen molar-refractivity contribution < 1.29 is 0 Å². The van der Waals surface area contributed by atoms with Gasteiger partial charge in [0.2, 0.25) is 6.71 Å². The van der Waals surface area contributed by atoms with Crippen LogP contribution >= 0.6 is 0 Å². The van der Waals surface area contributed by atoms with E-state index in [1.807, 2.05) is 0 Å². The van der Waals surface area contributed by atoms with Gasteiger partial charge in [0.05, 0.1) is 0 Å². The fraction of sp³-hybridized carbons (Fsp3) is 0.0270. The second-order valence-corrected chi connectivity index (χ2v) is 9.72. The molecule has 0 atom stereocenters. The molecular weight excluding hydrogens is 455 g/mol. The van der Waals surface area contributed by atoms with Crippen molar-refractivity contribution in [3.63, 3.8) is 0 Å². The highest BCUT2D eigenvalue weighted by atomic mass is 14.2. The molecule has 0 N–H and O–H groups in total. The number of rotatable bonds is 6. The topological polar surface area (TPSA) is 0 Å². The van der Waals surface area contributed by atoms with Gasteiger partial charge in [0.1, 0.15) is 0 Å². The van der Waals surface area contributed by atoms with Crippen molar-refractivity contribution in [3.05, 3.63) is 158 Å². The molecule has 0 fully saturated rings. The van der Waals surface area contributed by atoms with E-state index >= 15 is 0 Å². The quantitative estimate of drug-likeness (QED) is 0.208. The lowest BCUT2D eigenvalue weighted by molar-refractivity contribution is 1.59. The Morgan fingerprint density at radius 3 is 0.763 bits per heavy atom. The van der Waals surface area contributed by atoms with Crippen LogP contribution in [0.25, 0.3) is 44.5 Å². The highest BCUT2D eigenvalue weighted by Crippen LogP contribution is 2.29. The molecule has 0 unspecified atom stereocenters. The highest BCUT2D eigenvalue weighted by Gasteiger charge is 2.27. The molecule has 0 spiro atoms. The maximum atomic E-state index is 2.38. The number of benzene rings is 6. The first kappa shape index (κ1) is 23.8. The zero-order valence-corrected chi connectivity index (χ0v) is 21.6. The highest BCUT2D eigenvalue weighted by molar-refractivity contribution is 6.88. The summed E-state index contributed by atoms with van der Waals surface area (Å²) in [6.45, 7) is 2.51. The van der Waals surface area contributed by atoms with Crippen LogP contribution in [0.4, 0.5) is 0 Å². The van der Waals surface area contributed by atoms with E-state index in [1.165, 1.54) is 55.4 Å². The summed E-state index contributed by atoms with van der Waals surface area (Å²) in [5.41, 5.74) is 12.8. The lowest BCUT2D eigenvalue weighted by Crippen LogP contribution is -2.43. The SMILES string of the molecule is CB(c1c(-c2ccccc2)cccc1-c1ccccc1)c1c(-c2ccccc2)cccc1-c1ccccc1. The molecule has 6 rings (SSSR count). The van der Waals surface area contributed by atoms with Crippen molar-refractivity contribution in [1.82, 2.24) is 0 Å². The average molecular weight is 484 g/mol. The van der Waals surface area contributed by atoms with Crippen molar-refractivity contribution in [3.8, 4) is 44.5 Å². The molecule has 0 aliphatic carbocycles. The van der Waals surface area contributed by atoms with Crippen LogP contribution < -0.4 is 10.9 Å². The molecule has 0 saturated carbocycles. The molecule has 6 aromatic carbocycles. The molecule has 0 amide bonds. The van der Waals surface area contributed by atoms with Gasteiger partial charge in [-0.3, -0.25) is 0 Å². The van der Waals surface area contributed by atoms with Crippen LogP contribution in [0.2, 0.25) is 6.82 Å². The molecule has 0 aromatic heterocycles. The summed E-state index contributed by atoms with van der Waals surface area (Å²) in [6.07, 6.45) is 0. The molecular formula is C37H29B. The molecule has 0 saturated heterocycles. The fourth-order valence-electron chi connectivity index (χ4n) is 5.69. The van der Waals surface area contributed by atoms with Crippen LogP contribution in [0.1, 0.15) is 0 Å². The van der Waals surface area contributed by atoms with Gasteiger partial charge in [0.25, 0.3) is 0 Å². The van der Waals surface area contributed by atoms with Gasteiger partial charge in [0, 0.05) is 0 Å². The minimum Gasteiger partial charge on any atom is -0.0773 e. The van der Waals surface area contributed by atoms with Gasteiger partial charge in [-0.25, -0.2) is 0 Å². The van der Waals surface area contributed by atoms with Gasteiger partial charge >= 0.3 is 0 Å². The Morgan fingerprint density at radius 2 is 0.526 bits per heavy atom. The van der Waals surface area contributed by atoms with E-state index in [9.17, 15) is 0 Å². The second-order valence-electron chi connectivity index (χ2n) is 9.72. The summed E-state index contributed by atoms with van der Waals surface area (Å²) >= 11 is 0. The molecule has 1 heteroatoms. The standard InChI is InChI=1S/C37H29B/c1-38(36-32(28-16-6-2-7-17-28)24-14-25-33(36)29-18-8-3-9-19-29)37-34(30-20-10-4-11-21-30)26-15-27-35(37)31-22-12-5-13-23-31/h2-27H,1H3. The molecule has 0 radical (unpaired) electrons. The van der Waals surface area contributed by atoms with Crippen LogP contribution in [-0.2, 0) is 0 Å². The van der Waals surface area contributed by atoms with Crippen molar-refractivity contribution >= 4 is 17.6 Å². The summed E-state index contributed by atoms with van der Waals surface area (Å²) in [5, 5.41) is 0. The minimum absolute atomic E-state index is 0.133.